The van der Waals surface area contributed by atoms with Crippen LogP contribution in [0.4, 0.5) is 5.69 Å². The highest BCUT2D eigenvalue weighted by atomic mass is 16.4. The minimum Gasteiger partial charge on any atom is -0.480 e. The Morgan fingerprint density at radius 2 is 2.06 bits per heavy atom. The van der Waals surface area contributed by atoms with Crippen molar-refractivity contribution in [2.24, 2.45) is 5.73 Å². The van der Waals surface area contributed by atoms with Crippen molar-refractivity contribution in [3.63, 3.8) is 0 Å². The molecular formula is C12H14N2O3. The van der Waals surface area contributed by atoms with Gasteiger partial charge < -0.3 is 15.7 Å². The molecule has 1 atom stereocenters. The third kappa shape index (κ3) is 2.14. The number of benzene rings is 1. The van der Waals surface area contributed by atoms with Crippen LogP contribution in [0.2, 0.25) is 0 Å². The minimum atomic E-state index is -1.49. The van der Waals surface area contributed by atoms with Crippen LogP contribution in [0, 0.1) is 0 Å². The van der Waals surface area contributed by atoms with Gasteiger partial charge in [0.15, 0.2) is 6.04 Å². The Morgan fingerprint density at radius 3 is 2.76 bits per heavy atom. The van der Waals surface area contributed by atoms with Gasteiger partial charge in [0, 0.05) is 12.2 Å². The van der Waals surface area contributed by atoms with E-state index in [1.165, 1.54) is 4.90 Å². The number of para-hydroxylation sites is 1. The monoisotopic (exact) mass is 234 g/mol. The van der Waals surface area contributed by atoms with Gasteiger partial charge >= 0.3 is 5.97 Å². The van der Waals surface area contributed by atoms with E-state index in [9.17, 15) is 9.59 Å². The highest BCUT2D eigenvalue weighted by molar-refractivity contribution is 6.09. The second kappa shape index (κ2) is 4.55. The van der Waals surface area contributed by atoms with Gasteiger partial charge in [0.2, 0.25) is 0 Å². The second-order valence-corrected chi connectivity index (χ2v) is 4.04. The number of carboxylic acids is 1. The average molecular weight is 234 g/mol. The second-order valence-electron chi connectivity index (χ2n) is 4.04. The Bertz CT molecular complexity index is 459. The van der Waals surface area contributed by atoms with Crippen LogP contribution < -0.4 is 10.6 Å². The predicted molar refractivity (Wildman–Crippen MR) is 62.7 cm³/mol. The van der Waals surface area contributed by atoms with Gasteiger partial charge in [0.1, 0.15) is 0 Å². The number of fused-ring (bicyclic) bond motifs is 1. The minimum absolute atomic E-state index is 0.525. The van der Waals surface area contributed by atoms with Crippen molar-refractivity contribution >= 4 is 17.6 Å². The first-order chi connectivity index (χ1) is 8.11. The number of carboxylic acid groups (broad SMARTS) is 1. The molecule has 2 rings (SSSR count). The zero-order chi connectivity index (χ0) is 12.4. The average Bonchev–Trinajstić information content (AvgIpc) is 2.36. The molecule has 1 aliphatic rings. The van der Waals surface area contributed by atoms with Crippen LogP contribution >= 0.6 is 0 Å². The molecule has 5 heteroatoms. The molecule has 0 aliphatic carbocycles. The van der Waals surface area contributed by atoms with E-state index in [0.29, 0.717) is 6.54 Å². The highest BCUT2D eigenvalue weighted by Crippen LogP contribution is 2.26. The van der Waals surface area contributed by atoms with Crippen LogP contribution in [0.15, 0.2) is 24.3 Å². The molecule has 0 saturated heterocycles. The van der Waals surface area contributed by atoms with E-state index in [-0.39, 0.29) is 0 Å². The number of amides is 1. The summed E-state index contributed by atoms with van der Waals surface area (Å²) in [5, 5.41) is 8.76. The molecule has 1 heterocycles. The van der Waals surface area contributed by atoms with Crippen LogP contribution in [0.3, 0.4) is 0 Å². The normalized spacial score (nSPS) is 16.2. The number of nitrogens with two attached hydrogens (primary N) is 1. The number of carbonyl (C=O) groups is 2. The molecule has 5 nitrogen and oxygen atoms in total. The summed E-state index contributed by atoms with van der Waals surface area (Å²) in [6, 6.07) is 6.02. The molecule has 17 heavy (non-hydrogen) atoms. The van der Waals surface area contributed by atoms with Crippen molar-refractivity contribution in [1.29, 1.82) is 0 Å². The van der Waals surface area contributed by atoms with Gasteiger partial charge in [0.25, 0.3) is 5.91 Å². The van der Waals surface area contributed by atoms with Gasteiger partial charge in [-0.25, -0.2) is 4.79 Å². The van der Waals surface area contributed by atoms with E-state index >= 15 is 0 Å². The van der Waals surface area contributed by atoms with E-state index in [1.807, 2.05) is 24.3 Å². The Kier molecular flexibility index (Phi) is 3.10. The van der Waals surface area contributed by atoms with Crippen LogP contribution in [0.5, 0.6) is 0 Å². The lowest BCUT2D eigenvalue weighted by Crippen LogP contribution is -2.49. The van der Waals surface area contributed by atoms with Gasteiger partial charge in [-0.05, 0) is 24.5 Å². The fourth-order valence-corrected chi connectivity index (χ4v) is 2.04. The molecule has 0 bridgehead atoms. The van der Waals surface area contributed by atoms with Crippen LogP contribution in [0.25, 0.3) is 0 Å². The molecule has 1 amide bonds. The quantitative estimate of drug-likeness (QED) is 0.724. The summed E-state index contributed by atoms with van der Waals surface area (Å²) in [6.45, 7) is 0.525. The Morgan fingerprint density at radius 1 is 1.35 bits per heavy atom. The van der Waals surface area contributed by atoms with E-state index < -0.39 is 17.9 Å². The Balaban J connectivity index is 2.30. The van der Waals surface area contributed by atoms with Gasteiger partial charge in [-0.3, -0.25) is 4.79 Å². The van der Waals surface area contributed by atoms with Gasteiger partial charge in [-0.2, -0.15) is 0 Å². The summed E-state index contributed by atoms with van der Waals surface area (Å²) in [5.74, 6) is -1.84. The summed E-state index contributed by atoms with van der Waals surface area (Å²) in [5.41, 5.74) is 7.20. The number of carbonyl (C=O) groups excluding carboxylic acids is 1. The zero-order valence-corrected chi connectivity index (χ0v) is 9.30. The molecule has 0 spiro atoms. The standard InChI is InChI=1S/C12H14N2O3/c13-10(12(16)17)11(15)14-7-3-5-8-4-1-2-6-9(8)14/h1-2,4,6,10H,3,5,7,13H2,(H,16,17). The van der Waals surface area contributed by atoms with Crippen LogP contribution in [-0.4, -0.2) is 29.6 Å². The number of hydrogen-bond acceptors (Lipinski definition) is 3. The molecule has 0 fully saturated rings. The number of hydrogen-bond donors (Lipinski definition) is 2. The lowest BCUT2D eigenvalue weighted by Gasteiger charge is -2.30. The molecule has 1 aromatic carbocycles. The van der Waals surface area contributed by atoms with E-state index in [2.05, 4.69) is 0 Å². The van der Waals surface area contributed by atoms with E-state index in [1.54, 1.807) is 0 Å². The third-order valence-corrected chi connectivity index (χ3v) is 2.91. The smallest absolute Gasteiger partial charge is 0.330 e. The third-order valence-electron chi connectivity index (χ3n) is 2.91. The maximum absolute atomic E-state index is 11.9. The van der Waals surface area contributed by atoms with Gasteiger partial charge in [-0.1, -0.05) is 18.2 Å². The highest BCUT2D eigenvalue weighted by Gasteiger charge is 2.30. The summed E-state index contributed by atoms with van der Waals surface area (Å²) in [4.78, 5) is 24.1. The lowest BCUT2D eigenvalue weighted by atomic mass is 10.0. The Labute approximate surface area is 98.8 Å². The zero-order valence-electron chi connectivity index (χ0n) is 9.30. The molecule has 3 N–H and O–H groups in total. The predicted octanol–water partition coefficient (Wildman–Crippen LogP) is 0.378. The Hall–Kier alpha value is -1.88. The molecule has 1 unspecified atom stereocenters. The summed E-state index contributed by atoms with van der Waals surface area (Å²) in [6.07, 6.45) is 1.73. The first kappa shape index (κ1) is 11.6. The summed E-state index contributed by atoms with van der Waals surface area (Å²) >= 11 is 0. The van der Waals surface area contributed by atoms with E-state index in [4.69, 9.17) is 10.8 Å². The van der Waals surface area contributed by atoms with Crippen molar-refractivity contribution in [2.45, 2.75) is 18.9 Å². The maximum Gasteiger partial charge on any atom is 0.330 e. The summed E-state index contributed by atoms with van der Waals surface area (Å²) in [7, 11) is 0. The van der Waals surface area contributed by atoms with E-state index in [0.717, 1.165) is 24.1 Å². The molecule has 90 valence electrons. The first-order valence-electron chi connectivity index (χ1n) is 5.49. The lowest BCUT2D eigenvalue weighted by molar-refractivity contribution is -0.142. The van der Waals surface area contributed by atoms with Crippen LogP contribution in [0.1, 0.15) is 12.0 Å². The fraction of sp³-hybridized carbons (Fsp3) is 0.333. The first-order valence-corrected chi connectivity index (χ1v) is 5.49. The van der Waals surface area contributed by atoms with Crippen molar-refractivity contribution in [2.75, 3.05) is 11.4 Å². The fourth-order valence-electron chi connectivity index (χ4n) is 2.04. The number of aryl methyl sites for hydroxylation is 1. The molecule has 0 aromatic heterocycles. The number of nitrogens with zero attached hydrogens (tertiary/aromatic N) is 1. The van der Waals surface area contributed by atoms with Crippen molar-refractivity contribution in [3.8, 4) is 0 Å². The molecule has 0 radical (unpaired) electrons. The van der Waals surface area contributed by atoms with Crippen molar-refractivity contribution < 1.29 is 14.7 Å². The summed E-state index contributed by atoms with van der Waals surface area (Å²) < 4.78 is 0. The van der Waals surface area contributed by atoms with Crippen molar-refractivity contribution in [1.82, 2.24) is 0 Å². The molecule has 1 aliphatic heterocycles. The number of anilines is 1. The van der Waals surface area contributed by atoms with Crippen LogP contribution in [-0.2, 0) is 16.0 Å². The van der Waals surface area contributed by atoms with Gasteiger partial charge in [-0.15, -0.1) is 0 Å². The van der Waals surface area contributed by atoms with Crippen molar-refractivity contribution in [3.05, 3.63) is 29.8 Å². The molecular weight excluding hydrogens is 220 g/mol. The SMILES string of the molecule is NC(C(=O)O)C(=O)N1CCCc2ccccc21. The largest absolute Gasteiger partial charge is 0.480 e. The molecule has 0 saturated carbocycles. The maximum atomic E-state index is 11.9. The number of rotatable bonds is 2. The topological polar surface area (TPSA) is 83.6 Å². The number of aliphatic carboxylic acids is 1. The molecule has 1 aromatic rings. The van der Waals surface area contributed by atoms with Gasteiger partial charge in [0.05, 0.1) is 0 Å².